The van der Waals surface area contributed by atoms with Gasteiger partial charge in [-0.3, -0.25) is 10.1 Å². The molecule has 0 fully saturated rings. The van der Waals surface area contributed by atoms with Crippen LogP contribution >= 0.6 is 11.6 Å². The lowest BCUT2D eigenvalue weighted by Gasteiger charge is -2.10. The molecule has 0 amide bonds. The number of hydrogen-bond donors (Lipinski definition) is 0. The number of halogens is 4. The molecular formula is C12H8ClF3N4O2. The molecule has 2 heterocycles. The number of allylic oxidation sites excluding steroid dienone is 1. The number of rotatable bonds is 3. The highest BCUT2D eigenvalue weighted by Crippen LogP contribution is 2.32. The van der Waals surface area contributed by atoms with Crippen molar-refractivity contribution in [1.29, 1.82) is 0 Å². The van der Waals surface area contributed by atoms with Crippen molar-refractivity contribution in [2.75, 3.05) is 0 Å². The van der Waals surface area contributed by atoms with E-state index < -0.39 is 16.7 Å². The Bertz CT molecular complexity index is 755. The summed E-state index contributed by atoms with van der Waals surface area (Å²) < 4.78 is 38.9. The molecule has 0 saturated carbocycles. The van der Waals surface area contributed by atoms with E-state index in [9.17, 15) is 23.3 Å². The number of aromatic nitrogens is 3. The van der Waals surface area contributed by atoms with Gasteiger partial charge in [-0.25, -0.2) is 9.67 Å². The van der Waals surface area contributed by atoms with E-state index in [0.29, 0.717) is 6.20 Å². The third-order valence-corrected chi connectivity index (χ3v) is 2.94. The van der Waals surface area contributed by atoms with Gasteiger partial charge in [0.25, 0.3) is 0 Å². The number of pyridine rings is 1. The first-order chi connectivity index (χ1) is 10.2. The smallest absolute Gasteiger partial charge is 0.259 e. The first-order valence-electron chi connectivity index (χ1n) is 5.80. The van der Waals surface area contributed by atoms with Gasteiger partial charge < -0.3 is 0 Å². The van der Waals surface area contributed by atoms with Crippen molar-refractivity contribution in [1.82, 2.24) is 14.8 Å². The maximum Gasteiger partial charge on any atom is 0.417 e. The molecule has 0 aliphatic heterocycles. The zero-order valence-corrected chi connectivity index (χ0v) is 11.8. The Balaban J connectivity index is 2.49. The van der Waals surface area contributed by atoms with Crippen molar-refractivity contribution in [3.8, 4) is 5.82 Å². The van der Waals surface area contributed by atoms with Crippen LogP contribution in [0.4, 0.5) is 13.2 Å². The highest BCUT2D eigenvalue weighted by Gasteiger charge is 2.31. The fourth-order valence-electron chi connectivity index (χ4n) is 1.61. The highest BCUT2D eigenvalue weighted by molar-refractivity contribution is 6.32. The minimum atomic E-state index is -4.57. The van der Waals surface area contributed by atoms with Gasteiger partial charge in [0.2, 0.25) is 5.70 Å². The van der Waals surface area contributed by atoms with Crippen LogP contribution in [0.15, 0.2) is 30.2 Å². The minimum Gasteiger partial charge on any atom is -0.259 e. The summed E-state index contributed by atoms with van der Waals surface area (Å²) >= 11 is 5.82. The van der Waals surface area contributed by atoms with Crippen molar-refractivity contribution >= 4 is 17.7 Å². The summed E-state index contributed by atoms with van der Waals surface area (Å²) in [5.74, 6) is -0.0536. The normalized spacial score (nSPS) is 12.5. The van der Waals surface area contributed by atoms with Crippen LogP contribution in [0, 0.1) is 10.1 Å². The molecule has 6 nitrogen and oxygen atoms in total. The van der Waals surface area contributed by atoms with Crippen molar-refractivity contribution in [3.63, 3.8) is 0 Å². The van der Waals surface area contributed by atoms with Crippen LogP contribution in [0.1, 0.15) is 18.2 Å². The third-order valence-electron chi connectivity index (χ3n) is 2.67. The molecule has 2 aromatic heterocycles. The molecule has 0 bridgehead atoms. The molecule has 0 atom stereocenters. The van der Waals surface area contributed by atoms with E-state index in [1.807, 2.05) is 0 Å². The van der Waals surface area contributed by atoms with Crippen LogP contribution < -0.4 is 0 Å². The van der Waals surface area contributed by atoms with Crippen LogP contribution in [0.3, 0.4) is 0 Å². The zero-order chi connectivity index (χ0) is 16.5. The molecule has 0 aromatic carbocycles. The number of alkyl halides is 3. The van der Waals surface area contributed by atoms with E-state index in [2.05, 4.69) is 10.1 Å². The molecule has 2 aromatic rings. The quantitative estimate of drug-likeness (QED) is 0.636. The average molecular weight is 333 g/mol. The molecule has 0 unspecified atom stereocenters. The van der Waals surface area contributed by atoms with Crippen LogP contribution in [0.25, 0.3) is 11.9 Å². The topological polar surface area (TPSA) is 73.8 Å². The van der Waals surface area contributed by atoms with Gasteiger partial charge in [0.15, 0.2) is 5.82 Å². The van der Waals surface area contributed by atoms with Gasteiger partial charge in [0, 0.05) is 19.2 Å². The van der Waals surface area contributed by atoms with Crippen molar-refractivity contribution in [3.05, 3.63) is 56.6 Å². The minimum absolute atomic E-state index is 0.0536. The molecule has 0 aliphatic rings. The Labute approximate surface area is 127 Å². The molecule has 0 N–H and O–H groups in total. The Morgan fingerprint density at radius 3 is 2.73 bits per heavy atom. The molecule has 0 saturated heterocycles. The number of nitro groups is 1. The van der Waals surface area contributed by atoms with E-state index in [-0.39, 0.29) is 22.2 Å². The van der Waals surface area contributed by atoms with Gasteiger partial charge in [-0.2, -0.15) is 18.3 Å². The summed E-state index contributed by atoms with van der Waals surface area (Å²) in [4.78, 5) is 13.7. The molecule has 0 aliphatic carbocycles. The van der Waals surface area contributed by atoms with Crippen LogP contribution in [0.5, 0.6) is 0 Å². The molecule has 22 heavy (non-hydrogen) atoms. The summed E-state index contributed by atoms with van der Waals surface area (Å²) in [5, 5.41) is 14.2. The van der Waals surface area contributed by atoms with Crippen LogP contribution in [0.2, 0.25) is 5.02 Å². The lowest BCUT2D eigenvalue weighted by Crippen LogP contribution is -2.09. The summed E-state index contributed by atoms with van der Waals surface area (Å²) in [6.07, 6.45) is -1.40. The Morgan fingerprint density at radius 1 is 1.50 bits per heavy atom. The Hall–Kier alpha value is -2.42. The number of nitrogens with zero attached hydrogens (tertiary/aromatic N) is 4. The predicted molar refractivity (Wildman–Crippen MR) is 72.0 cm³/mol. The molecular weight excluding hydrogens is 325 g/mol. The van der Waals surface area contributed by atoms with Gasteiger partial charge >= 0.3 is 6.18 Å². The largest absolute Gasteiger partial charge is 0.417 e. The third kappa shape index (κ3) is 3.25. The fourth-order valence-corrected chi connectivity index (χ4v) is 1.85. The van der Waals surface area contributed by atoms with E-state index in [4.69, 9.17) is 11.6 Å². The van der Waals surface area contributed by atoms with Gasteiger partial charge in [-0.05, 0) is 12.1 Å². The summed E-state index contributed by atoms with van der Waals surface area (Å²) in [6, 6.07) is 2.17. The Kier molecular flexibility index (Phi) is 4.18. The molecule has 10 heteroatoms. The van der Waals surface area contributed by atoms with Crippen LogP contribution in [-0.4, -0.2) is 19.7 Å². The lowest BCUT2D eigenvalue weighted by atomic mass is 10.2. The fraction of sp³-hybridized carbons (Fsp3) is 0.167. The SMILES string of the molecule is C/C(=C\c1ccnn1-c1ncc(C(F)(F)F)cc1Cl)[N+](=O)[O-]. The standard InChI is InChI=1S/C12H8ClF3N4O2/c1-7(20(21)22)4-9-2-3-18-19(9)11-10(13)5-8(6-17-11)12(14,15)16/h2-6H,1H3/b7-4+. The van der Waals surface area contributed by atoms with Gasteiger partial charge in [0.1, 0.15) is 0 Å². The second kappa shape index (κ2) is 5.76. The van der Waals surface area contributed by atoms with Gasteiger partial charge in [-0.1, -0.05) is 11.6 Å². The van der Waals surface area contributed by atoms with Crippen molar-refractivity contribution in [2.24, 2.45) is 0 Å². The average Bonchev–Trinajstić information content (AvgIpc) is 2.85. The maximum absolute atomic E-state index is 12.6. The monoisotopic (exact) mass is 332 g/mol. The summed E-state index contributed by atoms with van der Waals surface area (Å²) in [5.41, 5.74) is -0.889. The zero-order valence-electron chi connectivity index (χ0n) is 11.0. The molecule has 0 radical (unpaired) electrons. The predicted octanol–water partition coefficient (Wildman–Crippen LogP) is 3.58. The van der Waals surface area contributed by atoms with Crippen molar-refractivity contribution < 1.29 is 18.1 Å². The molecule has 116 valence electrons. The van der Waals surface area contributed by atoms with Gasteiger partial charge in [0.05, 0.1) is 27.4 Å². The van der Waals surface area contributed by atoms with Crippen LogP contribution in [-0.2, 0) is 6.18 Å². The molecule has 0 spiro atoms. The second-order valence-corrected chi connectivity index (χ2v) is 4.65. The Morgan fingerprint density at radius 2 is 2.18 bits per heavy atom. The van der Waals surface area contributed by atoms with E-state index >= 15 is 0 Å². The first-order valence-corrected chi connectivity index (χ1v) is 6.18. The van der Waals surface area contributed by atoms with Crippen molar-refractivity contribution in [2.45, 2.75) is 13.1 Å². The first kappa shape index (κ1) is 16.0. The van der Waals surface area contributed by atoms with E-state index in [1.54, 1.807) is 0 Å². The number of hydrogen-bond acceptors (Lipinski definition) is 4. The van der Waals surface area contributed by atoms with E-state index in [0.717, 1.165) is 10.7 Å². The summed E-state index contributed by atoms with van der Waals surface area (Å²) in [7, 11) is 0. The second-order valence-electron chi connectivity index (χ2n) is 4.24. The maximum atomic E-state index is 12.6. The van der Waals surface area contributed by atoms with E-state index in [1.165, 1.54) is 25.3 Å². The highest BCUT2D eigenvalue weighted by atomic mass is 35.5. The summed E-state index contributed by atoms with van der Waals surface area (Å²) in [6.45, 7) is 1.28. The van der Waals surface area contributed by atoms with Gasteiger partial charge in [-0.15, -0.1) is 0 Å². The molecule has 2 rings (SSSR count). The lowest BCUT2D eigenvalue weighted by molar-refractivity contribution is -0.422.